The fourth-order valence-corrected chi connectivity index (χ4v) is 3.38. The van der Waals surface area contributed by atoms with Crippen LogP contribution < -0.4 is 5.32 Å². The molecule has 0 aromatic carbocycles. The van der Waals surface area contributed by atoms with Gasteiger partial charge >= 0.3 is 0 Å². The summed E-state index contributed by atoms with van der Waals surface area (Å²) < 4.78 is 3.64. The van der Waals surface area contributed by atoms with Gasteiger partial charge in [0.2, 0.25) is 5.91 Å². The maximum absolute atomic E-state index is 12.6. The molecule has 3 heterocycles. The first-order chi connectivity index (χ1) is 12.4. The van der Waals surface area contributed by atoms with Crippen molar-refractivity contribution in [1.29, 1.82) is 0 Å². The minimum atomic E-state index is -0.331. The number of rotatable bonds is 5. The molecule has 0 bridgehead atoms. The fourth-order valence-electron chi connectivity index (χ4n) is 2.56. The normalized spacial score (nSPS) is 12.2. The topological polar surface area (TPSA) is 90.5 Å². The van der Waals surface area contributed by atoms with E-state index < -0.39 is 0 Å². The summed E-state index contributed by atoms with van der Waals surface area (Å²) in [6.45, 7) is 5.66. The van der Waals surface area contributed by atoms with Crippen molar-refractivity contribution in [2.75, 3.05) is 5.32 Å². The van der Waals surface area contributed by atoms with Crippen LogP contribution in [-0.4, -0.2) is 40.7 Å². The zero-order valence-corrected chi connectivity index (χ0v) is 16.2. The van der Waals surface area contributed by atoms with Crippen LogP contribution in [0.3, 0.4) is 0 Å². The average molecular weight is 371 g/mol. The van der Waals surface area contributed by atoms with Gasteiger partial charge in [0.05, 0.1) is 22.3 Å². The number of nitrogens with zero attached hydrogens (tertiary/aromatic N) is 6. The minimum absolute atomic E-state index is 0.0948. The third-order valence-electron chi connectivity index (χ3n) is 4.18. The van der Waals surface area contributed by atoms with Crippen molar-refractivity contribution in [3.05, 3.63) is 35.9 Å². The predicted molar refractivity (Wildman–Crippen MR) is 101 cm³/mol. The smallest absolute Gasteiger partial charge is 0.237 e. The lowest BCUT2D eigenvalue weighted by atomic mass is 10.2. The lowest BCUT2D eigenvalue weighted by Crippen LogP contribution is -2.23. The zero-order valence-electron chi connectivity index (χ0n) is 15.4. The maximum atomic E-state index is 12.6. The fraction of sp³-hybridized carbons (Fsp3) is 0.353. The molecule has 1 N–H and O–H groups in total. The van der Waals surface area contributed by atoms with E-state index in [1.165, 1.54) is 11.8 Å². The highest BCUT2D eigenvalue weighted by Gasteiger charge is 2.21. The second kappa shape index (κ2) is 7.28. The predicted octanol–water partition coefficient (Wildman–Crippen LogP) is 2.35. The number of carbonyl (C=O) groups is 1. The number of hydrogen-bond acceptors (Lipinski definition) is 6. The van der Waals surface area contributed by atoms with Gasteiger partial charge in [-0.1, -0.05) is 11.8 Å². The molecule has 0 spiro atoms. The molecule has 3 aromatic rings. The van der Waals surface area contributed by atoms with Crippen molar-refractivity contribution in [2.24, 2.45) is 14.1 Å². The number of nitrogens with one attached hydrogen (secondary N) is 1. The van der Waals surface area contributed by atoms with Gasteiger partial charge in [-0.25, -0.2) is 0 Å². The van der Waals surface area contributed by atoms with E-state index in [1.54, 1.807) is 17.1 Å². The van der Waals surface area contributed by atoms with Crippen molar-refractivity contribution in [2.45, 2.75) is 31.2 Å². The third kappa shape index (κ3) is 3.48. The Morgan fingerprint density at radius 3 is 2.50 bits per heavy atom. The van der Waals surface area contributed by atoms with Gasteiger partial charge < -0.3 is 9.88 Å². The van der Waals surface area contributed by atoms with Crippen LogP contribution in [-0.2, 0) is 18.9 Å². The summed E-state index contributed by atoms with van der Waals surface area (Å²) in [7, 11) is 3.74. The number of aromatic nitrogens is 6. The van der Waals surface area contributed by atoms with Gasteiger partial charge in [-0.3, -0.25) is 14.5 Å². The van der Waals surface area contributed by atoms with E-state index in [4.69, 9.17) is 0 Å². The Bertz CT molecular complexity index is 932. The molecule has 0 radical (unpaired) electrons. The van der Waals surface area contributed by atoms with Gasteiger partial charge in [0.1, 0.15) is 0 Å². The molecule has 0 fully saturated rings. The number of carbonyl (C=O) groups excluding carboxylic acids is 1. The first kappa shape index (κ1) is 18.1. The van der Waals surface area contributed by atoms with E-state index in [0.29, 0.717) is 5.16 Å². The molecule has 0 saturated carbocycles. The van der Waals surface area contributed by atoms with Gasteiger partial charge in [0.15, 0.2) is 11.0 Å². The van der Waals surface area contributed by atoms with Gasteiger partial charge in [0.25, 0.3) is 0 Å². The Kier molecular flexibility index (Phi) is 5.08. The summed E-state index contributed by atoms with van der Waals surface area (Å²) in [6.07, 6.45) is 3.43. The molecule has 26 heavy (non-hydrogen) atoms. The molecule has 8 nitrogen and oxygen atoms in total. The first-order valence-electron chi connectivity index (χ1n) is 8.16. The molecule has 3 rings (SSSR count). The van der Waals surface area contributed by atoms with Crippen LogP contribution in [0.1, 0.15) is 18.3 Å². The highest BCUT2D eigenvalue weighted by Crippen LogP contribution is 2.27. The molecule has 1 amide bonds. The van der Waals surface area contributed by atoms with Crippen molar-refractivity contribution in [3.63, 3.8) is 0 Å². The van der Waals surface area contributed by atoms with Gasteiger partial charge in [-0.05, 0) is 32.9 Å². The highest BCUT2D eigenvalue weighted by atomic mass is 32.2. The highest BCUT2D eigenvalue weighted by molar-refractivity contribution is 8.00. The number of aryl methyl sites for hydroxylation is 2. The summed E-state index contributed by atoms with van der Waals surface area (Å²) >= 11 is 1.37. The molecule has 1 unspecified atom stereocenters. The molecule has 0 aliphatic carbocycles. The summed E-state index contributed by atoms with van der Waals surface area (Å²) in [4.78, 5) is 16.6. The van der Waals surface area contributed by atoms with Crippen LogP contribution in [0.15, 0.2) is 29.7 Å². The second-order valence-electron chi connectivity index (χ2n) is 6.02. The first-order valence-corrected chi connectivity index (χ1v) is 9.04. The molecule has 3 aromatic heterocycles. The number of hydrogen-bond donors (Lipinski definition) is 1. The number of thioether (sulfide) groups is 1. The van der Waals surface area contributed by atoms with Crippen LogP contribution in [0.25, 0.3) is 11.4 Å². The van der Waals surface area contributed by atoms with E-state index >= 15 is 0 Å². The minimum Gasteiger partial charge on any atom is -0.322 e. The van der Waals surface area contributed by atoms with Crippen LogP contribution in [0.4, 0.5) is 5.69 Å². The Labute approximate surface area is 156 Å². The molecule has 136 valence electrons. The quantitative estimate of drug-likeness (QED) is 0.692. The third-order valence-corrected chi connectivity index (χ3v) is 5.32. The van der Waals surface area contributed by atoms with Gasteiger partial charge in [0, 0.05) is 32.1 Å². The van der Waals surface area contributed by atoms with Gasteiger partial charge in [-0.2, -0.15) is 5.10 Å². The second-order valence-corrected chi connectivity index (χ2v) is 7.33. The molecular weight excluding hydrogens is 350 g/mol. The summed E-state index contributed by atoms with van der Waals surface area (Å²) in [5.41, 5.74) is 3.42. The van der Waals surface area contributed by atoms with Crippen molar-refractivity contribution >= 4 is 23.4 Å². The van der Waals surface area contributed by atoms with Crippen LogP contribution in [0.5, 0.6) is 0 Å². The largest absolute Gasteiger partial charge is 0.322 e. The maximum Gasteiger partial charge on any atom is 0.237 e. The summed E-state index contributed by atoms with van der Waals surface area (Å²) in [5.74, 6) is 0.643. The number of amides is 1. The van der Waals surface area contributed by atoms with E-state index in [9.17, 15) is 4.79 Å². The lowest BCUT2D eigenvalue weighted by Gasteiger charge is -2.12. The molecule has 0 saturated heterocycles. The summed E-state index contributed by atoms with van der Waals surface area (Å²) in [5, 5.41) is 16.1. The van der Waals surface area contributed by atoms with E-state index in [1.807, 2.05) is 51.6 Å². The molecular formula is C17H21N7OS. The van der Waals surface area contributed by atoms with E-state index in [0.717, 1.165) is 28.5 Å². The molecule has 0 aliphatic rings. The summed E-state index contributed by atoms with van der Waals surface area (Å²) in [6, 6.07) is 3.76. The number of pyridine rings is 1. The standard InChI is InChI=1S/C17H21N7OS/c1-10-14(11(2)24(5)22-10)19-16(25)12(3)26-17-21-20-15(23(17)4)13-6-8-18-9-7-13/h6-9,12H,1-5H3,(H,19,25). The molecule has 9 heteroatoms. The number of anilines is 1. The van der Waals surface area contributed by atoms with Crippen LogP contribution in [0.2, 0.25) is 0 Å². The van der Waals surface area contributed by atoms with Crippen LogP contribution >= 0.6 is 11.8 Å². The molecule has 1 atom stereocenters. The monoisotopic (exact) mass is 371 g/mol. The van der Waals surface area contributed by atoms with Crippen LogP contribution in [0, 0.1) is 13.8 Å². The van der Waals surface area contributed by atoms with E-state index in [-0.39, 0.29) is 11.2 Å². The Morgan fingerprint density at radius 1 is 1.19 bits per heavy atom. The van der Waals surface area contributed by atoms with Crippen molar-refractivity contribution < 1.29 is 4.79 Å². The Morgan fingerprint density at radius 2 is 1.88 bits per heavy atom. The van der Waals surface area contributed by atoms with Crippen molar-refractivity contribution in [3.8, 4) is 11.4 Å². The lowest BCUT2D eigenvalue weighted by molar-refractivity contribution is -0.115. The van der Waals surface area contributed by atoms with Gasteiger partial charge in [-0.15, -0.1) is 10.2 Å². The Hall–Kier alpha value is -2.68. The molecule has 0 aliphatic heterocycles. The Balaban J connectivity index is 1.73. The van der Waals surface area contributed by atoms with Crippen molar-refractivity contribution in [1.82, 2.24) is 29.5 Å². The van der Waals surface area contributed by atoms with E-state index in [2.05, 4.69) is 25.6 Å². The average Bonchev–Trinajstić information content (AvgIpc) is 3.10. The zero-order chi connectivity index (χ0) is 18.8. The SMILES string of the molecule is Cc1nn(C)c(C)c1NC(=O)C(C)Sc1nnc(-c2ccncc2)n1C.